The Morgan fingerprint density at radius 3 is 2.63 bits per heavy atom. The Labute approximate surface area is 113 Å². The Bertz CT molecular complexity index is 432. The van der Waals surface area contributed by atoms with Gasteiger partial charge in [-0.15, -0.1) is 0 Å². The quantitative estimate of drug-likeness (QED) is 0.861. The number of halogens is 1. The van der Waals surface area contributed by atoms with Crippen molar-refractivity contribution in [2.45, 2.75) is 44.2 Å². The van der Waals surface area contributed by atoms with Crippen LogP contribution in [0.1, 0.15) is 38.2 Å². The Balaban J connectivity index is 2.21. The average molecular weight is 267 g/mol. The highest BCUT2D eigenvalue weighted by atomic mass is 19.1. The van der Waals surface area contributed by atoms with Gasteiger partial charge in [0.2, 0.25) is 0 Å². The molecule has 0 radical (unpaired) electrons. The summed E-state index contributed by atoms with van der Waals surface area (Å²) in [5.74, 6) is -0.169. The monoisotopic (exact) mass is 267 g/mol. The van der Waals surface area contributed by atoms with Crippen molar-refractivity contribution in [2.75, 3.05) is 13.7 Å². The highest BCUT2D eigenvalue weighted by molar-refractivity contribution is 5.33. The van der Waals surface area contributed by atoms with Crippen LogP contribution in [0.3, 0.4) is 0 Å². The molecule has 0 aliphatic heterocycles. The number of benzene rings is 1. The van der Waals surface area contributed by atoms with E-state index in [-0.39, 0.29) is 12.4 Å². The summed E-state index contributed by atoms with van der Waals surface area (Å²) in [6, 6.07) is 5.26. The van der Waals surface area contributed by atoms with Gasteiger partial charge < -0.3 is 15.2 Å². The molecule has 19 heavy (non-hydrogen) atoms. The molecule has 0 amide bonds. The third-order valence-electron chi connectivity index (χ3n) is 3.98. The van der Waals surface area contributed by atoms with Crippen LogP contribution in [-0.2, 0) is 5.54 Å². The van der Waals surface area contributed by atoms with E-state index in [4.69, 9.17) is 4.74 Å². The summed E-state index contributed by atoms with van der Waals surface area (Å²) in [6.45, 7) is 1.85. The van der Waals surface area contributed by atoms with Crippen LogP contribution in [0, 0.1) is 5.82 Å². The van der Waals surface area contributed by atoms with E-state index in [1.807, 2.05) is 6.92 Å². The lowest BCUT2D eigenvalue weighted by Crippen LogP contribution is -2.47. The second kappa shape index (κ2) is 5.88. The van der Waals surface area contributed by atoms with E-state index >= 15 is 0 Å². The first-order valence-electron chi connectivity index (χ1n) is 6.81. The largest absolute Gasteiger partial charge is 0.494 e. The maximum Gasteiger partial charge on any atom is 0.165 e. The molecule has 1 fully saturated rings. The summed E-state index contributed by atoms with van der Waals surface area (Å²) < 4.78 is 18.7. The molecule has 0 heterocycles. The summed E-state index contributed by atoms with van der Waals surface area (Å²) >= 11 is 0. The average Bonchev–Trinajstić information content (AvgIpc) is 2.91. The van der Waals surface area contributed by atoms with Gasteiger partial charge in [0.25, 0.3) is 0 Å². The van der Waals surface area contributed by atoms with Crippen molar-refractivity contribution in [2.24, 2.45) is 0 Å². The number of ether oxygens (including phenoxy) is 1. The van der Waals surface area contributed by atoms with Crippen LogP contribution in [-0.4, -0.2) is 24.9 Å². The molecule has 106 valence electrons. The zero-order chi connectivity index (χ0) is 13.9. The molecule has 2 N–H and O–H groups in total. The molecule has 1 aromatic carbocycles. The van der Waals surface area contributed by atoms with Crippen LogP contribution in [0.5, 0.6) is 5.75 Å². The molecule has 1 aliphatic carbocycles. The lowest BCUT2D eigenvalue weighted by atomic mass is 9.91. The van der Waals surface area contributed by atoms with Crippen LogP contribution < -0.4 is 10.1 Å². The summed E-state index contributed by atoms with van der Waals surface area (Å²) in [5.41, 5.74) is 0.141. The van der Waals surface area contributed by atoms with E-state index in [9.17, 15) is 9.50 Å². The topological polar surface area (TPSA) is 41.5 Å². The van der Waals surface area contributed by atoms with E-state index in [1.165, 1.54) is 26.0 Å². The number of aliphatic hydroxyl groups excluding tert-OH is 1. The minimum atomic E-state index is -0.609. The third kappa shape index (κ3) is 3.07. The number of methoxy groups -OCH3 is 1. The van der Waals surface area contributed by atoms with Crippen molar-refractivity contribution in [3.63, 3.8) is 0 Å². The maximum atomic E-state index is 13.8. The molecule has 1 aromatic rings. The fourth-order valence-corrected chi connectivity index (χ4v) is 2.75. The highest BCUT2D eigenvalue weighted by Crippen LogP contribution is 2.29. The van der Waals surface area contributed by atoms with Crippen molar-refractivity contribution in [1.82, 2.24) is 5.32 Å². The molecule has 1 atom stereocenters. The first kappa shape index (κ1) is 14.3. The Kier molecular flexibility index (Phi) is 4.42. The molecule has 0 saturated heterocycles. The van der Waals surface area contributed by atoms with Gasteiger partial charge in [0.15, 0.2) is 11.6 Å². The van der Waals surface area contributed by atoms with E-state index in [0.29, 0.717) is 6.04 Å². The molecule has 2 rings (SSSR count). The minimum absolute atomic E-state index is 0.0602. The molecule has 4 heteroatoms. The molecule has 1 aliphatic rings. The Morgan fingerprint density at radius 1 is 1.42 bits per heavy atom. The lowest BCUT2D eigenvalue weighted by molar-refractivity contribution is 0.161. The molecule has 1 saturated carbocycles. The first-order valence-corrected chi connectivity index (χ1v) is 6.81. The van der Waals surface area contributed by atoms with Gasteiger partial charge in [-0.3, -0.25) is 0 Å². The predicted octanol–water partition coefficient (Wildman–Crippen LogP) is 2.57. The van der Waals surface area contributed by atoms with Crippen molar-refractivity contribution >= 4 is 0 Å². The zero-order valence-electron chi connectivity index (χ0n) is 11.6. The number of nitrogens with one attached hydrogen (secondary N) is 1. The Hall–Kier alpha value is -1.13. The summed E-state index contributed by atoms with van der Waals surface area (Å²) in [7, 11) is 1.44. The maximum absolute atomic E-state index is 13.8. The van der Waals surface area contributed by atoms with Gasteiger partial charge in [0.1, 0.15) is 0 Å². The predicted molar refractivity (Wildman–Crippen MR) is 72.8 cm³/mol. The molecule has 1 unspecified atom stereocenters. The second-order valence-corrected chi connectivity index (χ2v) is 5.47. The lowest BCUT2D eigenvalue weighted by Gasteiger charge is -2.33. The van der Waals surface area contributed by atoms with E-state index in [2.05, 4.69) is 5.32 Å². The van der Waals surface area contributed by atoms with Crippen molar-refractivity contribution < 1.29 is 14.2 Å². The smallest absolute Gasteiger partial charge is 0.165 e. The van der Waals surface area contributed by atoms with Crippen molar-refractivity contribution in [3.8, 4) is 5.75 Å². The number of hydrogen-bond acceptors (Lipinski definition) is 3. The fraction of sp³-hybridized carbons (Fsp3) is 0.600. The molecule has 0 bridgehead atoms. The molecular formula is C15H22FNO2. The molecular weight excluding hydrogens is 245 g/mol. The van der Waals surface area contributed by atoms with Gasteiger partial charge in [0, 0.05) is 6.04 Å². The van der Waals surface area contributed by atoms with Crippen LogP contribution in [0.15, 0.2) is 18.2 Å². The second-order valence-electron chi connectivity index (χ2n) is 5.47. The van der Waals surface area contributed by atoms with E-state index in [0.717, 1.165) is 18.4 Å². The van der Waals surface area contributed by atoms with E-state index < -0.39 is 11.4 Å². The van der Waals surface area contributed by atoms with Crippen LogP contribution in [0.4, 0.5) is 4.39 Å². The standard InChI is InChI=1S/C15H22FNO2/c1-15(10-18,17-12-5-3-4-6-12)11-7-8-14(19-2)13(16)9-11/h7-9,12,17-18H,3-6,10H2,1-2H3. The summed E-state index contributed by atoms with van der Waals surface area (Å²) in [4.78, 5) is 0. The van der Waals surface area contributed by atoms with Gasteiger partial charge >= 0.3 is 0 Å². The van der Waals surface area contributed by atoms with E-state index in [1.54, 1.807) is 12.1 Å². The van der Waals surface area contributed by atoms with Crippen LogP contribution in [0.25, 0.3) is 0 Å². The van der Waals surface area contributed by atoms with Gasteiger partial charge in [-0.25, -0.2) is 4.39 Å². The molecule has 0 spiro atoms. The summed E-state index contributed by atoms with van der Waals surface area (Å²) in [5, 5.41) is 13.2. The normalized spacial score (nSPS) is 19.4. The third-order valence-corrected chi connectivity index (χ3v) is 3.98. The fourth-order valence-electron chi connectivity index (χ4n) is 2.75. The minimum Gasteiger partial charge on any atom is -0.494 e. The summed E-state index contributed by atoms with van der Waals surface area (Å²) in [6.07, 6.45) is 4.68. The number of hydrogen-bond donors (Lipinski definition) is 2. The number of rotatable bonds is 5. The SMILES string of the molecule is COc1ccc(C(C)(CO)NC2CCCC2)cc1F. The van der Waals surface area contributed by atoms with Crippen molar-refractivity contribution in [3.05, 3.63) is 29.6 Å². The highest BCUT2D eigenvalue weighted by Gasteiger charge is 2.30. The first-order chi connectivity index (χ1) is 9.09. The molecule has 3 nitrogen and oxygen atoms in total. The Morgan fingerprint density at radius 2 is 2.11 bits per heavy atom. The van der Waals surface area contributed by atoms with Gasteiger partial charge in [-0.1, -0.05) is 18.9 Å². The zero-order valence-corrected chi connectivity index (χ0v) is 11.6. The van der Waals surface area contributed by atoms with Crippen LogP contribution in [0.2, 0.25) is 0 Å². The van der Waals surface area contributed by atoms with Crippen molar-refractivity contribution in [1.29, 1.82) is 0 Å². The number of aliphatic hydroxyl groups is 1. The van der Waals surface area contributed by atoms with Gasteiger partial charge in [-0.05, 0) is 37.5 Å². The van der Waals surface area contributed by atoms with Gasteiger partial charge in [0.05, 0.1) is 19.3 Å². The van der Waals surface area contributed by atoms with Crippen LogP contribution >= 0.6 is 0 Å². The molecule has 0 aromatic heterocycles. The van der Waals surface area contributed by atoms with Gasteiger partial charge in [-0.2, -0.15) is 0 Å².